The number of benzene rings is 3. The average molecular weight is 458 g/mol. The molecule has 34 heavy (non-hydrogen) atoms. The van der Waals surface area contributed by atoms with Gasteiger partial charge >= 0.3 is 0 Å². The van der Waals surface area contributed by atoms with E-state index in [1.54, 1.807) is 24.3 Å². The summed E-state index contributed by atoms with van der Waals surface area (Å²) in [4.78, 5) is 27.4. The standard InChI is InChI=1S/C27H27N3O4/c1-16-6-10-20(29-27(32)19-9-11-23-24(14-19)34-13-12-33-23)15-22(16)30-17(2)7-8-18-4-3-5-21(25(18)30)26(28)31/h3-6,9-11,14-15,17H,7-8,12-13H2,1-2H3,(H2,28,31)(H,29,32)/t17-/m0/s1. The second kappa shape index (κ2) is 8.74. The second-order valence-electron chi connectivity index (χ2n) is 8.75. The normalized spacial score (nSPS) is 16.5. The highest BCUT2D eigenvalue weighted by Crippen LogP contribution is 2.41. The van der Waals surface area contributed by atoms with Gasteiger partial charge in [0.25, 0.3) is 11.8 Å². The molecule has 3 aromatic carbocycles. The van der Waals surface area contributed by atoms with Crippen LogP contribution >= 0.6 is 0 Å². The first-order chi connectivity index (χ1) is 16.4. The van der Waals surface area contributed by atoms with Crippen LogP contribution in [0.2, 0.25) is 0 Å². The molecule has 1 atom stereocenters. The van der Waals surface area contributed by atoms with E-state index in [0.717, 1.165) is 35.3 Å². The van der Waals surface area contributed by atoms with Gasteiger partial charge in [0.1, 0.15) is 13.2 Å². The molecule has 2 amide bonds. The Morgan fingerprint density at radius 2 is 1.82 bits per heavy atom. The highest BCUT2D eigenvalue weighted by Gasteiger charge is 2.29. The number of primary amides is 1. The maximum atomic E-state index is 13.0. The fourth-order valence-electron chi connectivity index (χ4n) is 4.68. The minimum atomic E-state index is -0.448. The summed E-state index contributed by atoms with van der Waals surface area (Å²) in [6.45, 7) is 5.12. The second-order valence-corrected chi connectivity index (χ2v) is 8.75. The van der Waals surface area contributed by atoms with E-state index >= 15 is 0 Å². The summed E-state index contributed by atoms with van der Waals surface area (Å²) in [5.41, 5.74) is 11.3. The molecule has 2 aliphatic heterocycles. The lowest BCUT2D eigenvalue weighted by Gasteiger charge is -2.39. The SMILES string of the molecule is Cc1ccc(NC(=O)c2ccc3c(c2)OCCO3)cc1N1c2c(cccc2C(N)=O)CC[C@@H]1C. The first-order valence-corrected chi connectivity index (χ1v) is 11.4. The lowest BCUT2D eigenvalue weighted by molar-refractivity contribution is 0.0997. The van der Waals surface area contributed by atoms with Crippen LogP contribution < -0.4 is 25.4 Å². The zero-order chi connectivity index (χ0) is 23.8. The summed E-state index contributed by atoms with van der Waals surface area (Å²) < 4.78 is 11.1. The number of para-hydroxylation sites is 1. The van der Waals surface area contributed by atoms with Crippen LogP contribution in [-0.2, 0) is 6.42 Å². The number of nitrogens with two attached hydrogens (primary N) is 1. The number of amides is 2. The first-order valence-electron chi connectivity index (χ1n) is 11.4. The van der Waals surface area contributed by atoms with E-state index in [2.05, 4.69) is 17.1 Å². The van der Waals surface area contributed by atoms with E-state index < -0.39 is 5.91 Å². The molecular formula is C27H27N3O4. The molecule has 0 saturated heterocycles. The highest BCUT2D eigenvalue weighted by atomic mass is 16.6. The Morgan fingerprint density at radius 3 is 2.62 bits per heavy atom. The van der Waals surface area contributed by atoms with E-state index in [4.69, 9.17) is 15.2 Å². The number of hydrogen-bond donors (Lipinski definition) is 2. The van der Waals surface area contributed by atoms with E-state index in [0.29, 0.717) is 41.5 Å². The number of nitrogens with zero attached hydrogens (tertiary/aromatic N) is 1. The van der Waals surface area contributed by atoms with Gasteiger partial charge in [-0.25, -0.2) is 0 Å². The summed E-state index contributed by atoms with van der Waals surface area (Å²) >= 11 is 0. The Bertz CT molecular complexity index is 1290. The third-order valence-electron chi connectivity index (χ3n) is 6.43. The van der Waals surface area contributed by atoms with Gasteiger partial charge in [0.15, 0.2) is 11.5 Å². The summed E-state index contributed by atoms with van der Waals surface area (Å²) in [5, 5.41) is 2.99. The van der Waals surface area contributed by atoms with Gasteiger partial charge in [-0.05, 0) is 74.2 Å². The Balaban J connectivity index is 1.49. The summed E-state index contributed by atoms with van der Waals surface area (Å²) in [5.74, 6) is 0.526. The summed E-state index contributed by atoms with van der Waals surface area (Å²) in [6, 6.07) is 16.8. The highest BCUT2D eigenvalue weighted by molar-refractivity contribution is 6.05. The fourth-order valence-corrected chi connectivity index (χ4v) is 4.68. The molecule has 0 spiro atoms. The molecule has 0 unspecified atom stereocenters. The number of carbonyl (C=O) groups is 2. The van der Waals surface area contributed by atoms with Crippen molar-refractivity contribution in [2.45, 2.75) is 32.7 Å². The maximum Gasteiger partial charge on any atom is 0.255 e. The minimum absolute atomic E-state index is 0.162. The van der Waals surface area contributed by atoms with Crippen molar-refractivity contribution in [1.29, 1.82) is 0 Å². The van der Waals surface area contributed by atoms with Crippen molar-refractivity contribution < 1.29 is 19.1 Å². The number of aryl methyl sites for hydroxylation is 2. The molecule has 3 N–H and O–H groups in total. The molecule has 5 rings (SSSR count). The quantitative estimate of drug-likeness (QED) is 0.598. The van der Waals surface area contributed by atoms with Crippen LogP contribution in [0, 0.1) is 6.92 Å². The number of ether oxygens (including phenoxy) is 2. The van der Waals surface area contributed by atoms with Crippen molar-refractivity contribution >= 4 is 28.9 Å². The monoisotopic (exact) mass is 457 g/mol. The van der Waals surface area contributed by atoms with E-state index in [1.807, 2.05) is 37.3 Å². The molecule has 0 fully saturated rings. The van der Waals surface area contributed by atoms with Crippen LogP contribution in [0.4, 0.5) is 17.1 Å². The number of rotatable bonds is 4. The smallest absolute Gasteiger partial charge is 0.255 e. The van der Waals surface area contributed by atoms with Gasteiger partial charge in [0, 0.05) is 23.0 Å². The molecule has 2 heterocycles. The predicted molar refractivity (Wildman–Crippen MR) is 131 cm³/mol. The Labute approximate surface area is 198 Å². The van der Waals surface area contributed by atoms with E-state index in [1.165, 1.54) is 0 Å². The minimum Gasteiger partial charge on any atom is -0.486 e. The van der Waals surface area contributed by atoms with Crippen LogP contribution in [-0.4, -0.2) is 31.1 Å². The molecule has 0 bridgehead atoms. The topological polar surface area (TPSA) is 93.9 Å². The van der Waals surface area contributed by atoms with Gasteiger partial charge < -0.3 is 25.4 Å². The fraction of sp³-hybridized carbons (Fsp3) is 0.259. The third kappa shape index (κ3) is 3.94. The zero-order valence-corrected chi connectivity index (χ0v) is 19.3. The van der Waals surface area contributed by atoms with Gasteiger partial charge in [-0.15, -0.1) is 0 Å². The lowest BCUT2D eigenvalue weighted by atomic mass is 9.92. The number of nitrogens with one attached hydrogen (secondary N) is 1. The van der Waals surface area contributed by atoms with Crippen molar-refractivity contribution in [3.63, 3.8) is 0 Å². The third-order valence-corrected chi connectivity index (χ3v) is 6.43. The predicted octanol–water partition coefficient (Wildman–Crippen LogP) is 4.59. The number of carbonyl (C=O) groups excluding carboxylic acids is 2. The first kappa shape index (κ1) is 21.8. The van der Waals surface area contributed by atoms with Crippen LogP contribution in [0.3, 0.4) is 0 Å². The van der Waals surface area contributed by atoms with Crippen molar-refractivity contribution in [3.8, 4) is 11.5 Å². The van der Waals surface area contributed by atoms with Crippen LogP contribution in [0.1, 0.15) is 45.2 Å². The Hall–Kier alpha value is -4.00. The van der Waals surface area contributed by atoms with Crippen molar-refractivity contribution in [3.05, 3.63) is 76.9 Å². The molecular weight excluding hydrogens is 430 g/mol. The molecule has 3 aromatic rings. The van der Waals surface area contributed by atoms with Gasteiger partial charge in [0.2, 0.25) is 0 Å². The molecule has 0 radical (unpaired) electrons. The Morgan fingerprint density at radius 1 is 1.03 bits per heavy atom. The summed E-state index contributed by atoms with van der Waals surface area (Å²) in [6.07, 6.45) is 1.83. The maximum absolute atomic E-state index is 13.0. The van der Waals surface area contributed by atoms with Gasteiger partial charge in [-0.2, -0.15) is 0 Å². The van der Waals surface area contributed by atoms with Gasteiger partial charge in [0.05, 0.1) is 11.3 Å². The van der Waals surface area contributed by atoms with Crippen LogP contribution in [0.5, 0.6) is 11.5 Å². The zero-order valence-electron chi connectivity index (χ0n) is 19.3. The van der Waals surface area contributed by atoms with Crippen molar-refractivity contribution in [2.24, 2.45) is 5.73 Å². The molecule has 0 aromatic heterocycles. The Kier molecular flexibility index (Phi) is 5.61. The largest absolute Gasteiger partial charge is 0.486 e. The van der Waals surface area contributed by atoms with E-state index in [-0.39, 0.29) is 11.9 Å². The van der Waals surface area contributed by atoms with Crippen LogP contribution in [0.15, 0.2) is 54.6 Å². The van der Waals surface area contributed by atoms with E-state index in [9.17, 15) is 9.59 Å². The molecule has 2 aliphatic rings. The van der Waals surface area contributed by atoms with Crippen molar-refractivity contribution in [2.75, 3.05) is 23.4 Å². The molecule has 7 nitrogen and oxygen atoms in total. The molecule has 174 valence electrons. The van der Waals surface area contributed by atoms with Crippen LogP contribution in [0.25, 0.3) is 0 Å². The van der Waals surface area contributed by atoms with Gasteiger partial charge in [-0.3, -0.25) is 9.59 Å². The average Bonchev–Trinajstić information content (AvgIpc) is 2.84. The van der Waals surface area contributed by atoms with Crippen molar-refractivity contribution in [1.82, 2.24) is 0 Å². The lowest BCUT2D eigenvalue weighted by Crippen LogP contribution is -2.35. The molecule has 0 aliphatic carbocycles. The summed E-state index contributed by atoms with van der Waals surface area (Å²) in [7, 11) is 0. The number of fused-ring (bicyclic) bond motifs is 2. The molecule has 0 saturated carbocycles. The van der Waals surface area contributed by atoms with Gasteiger partial charge in [-0.1, -0.05) is 18.2 Å². The number of anilines is 3. The number of hydrogen-bond acceptors (Lipinski definition) is 5. The molecule has 7 heteroatoms.